The number of piperidine rings is 1. The molecule has 2 aromatic carbocycles. The Morgan fingerprint density at radius 3 is 2.11 bits per heavy atom. The van der Waals surface area contributed by atoms with Crippen LogP contribution in [0.5, 0.6) is 0 Å². The number of nitrogens with one attached hydrogen (secondary N) is 1. The largest absolute Gasteiger partial charge is 0.339 e. The molecule has 4 heteroatoms. The van der Waals surface area contributed by atoms with Crippen LogP contribution in [0, 0.1) is 12.7 Å². The minimum atomic E-state index is -0.182. The molecule has 0 atom stereocenters. The molecule has 28 heavy (non-hydrogen) atoms. The third kappa shape index (κ3) is 4.33. The van der Waals surface area contributed by atoms with Gasteiger partial charge in [-0.05, 0) is 93.2 Å². The first kappa shape index (κ1) is 20.3. The maximum absolute atomic E-state index is 13.8. The van der Waals surface area contributed by atoms with Gasteiger partial charge in [-0.3, -0.25) is 4.79 Å². The standard InChI is InChI=1S/C24H29FN2O/c1-4-27(5-2)24(28)20-8-6-18(7-9-20)23(19-12-14-26-15-13-19)21-10-11-22(25)17(3)16-21/h6-11,16,26H,4-5,12-15H2,1-3H3. The van der Waals surface area contributed by atoms with E-state index in [1.54, 1.807) is 13.0 Å². The fourth-order valence-corrected chi connectivity index (χ4v) is 3.83. The Labute approximate surface area is 167 Å². The summed E-state index contributed by atoms with van der Waals surface area (Å²) in [6.45, 7) is 9.10. The molecule has 3 rings (SSSR count). The van der Waals surface area contributed by atoms with E-state index in [0.29, 0.717) is 24.2 Å². The normalized spacial score (nSPS) is 14.1. The molecule has 0 aliphatic carbocycles. The molecule has 1 fully saturated rings. The smallest absolute Gasteiger partial charge is 0.253 e. The summed E-state index contributed by atoms with van der Waals surface area (Å²) in [5, 5.41) is 3.40. The molecule has 1 aliphatic rings. The Balaban J connectivity index is 2.01. The molecule has 0 unspecified atom stereocenters. The maximum Gasteiger partial charge on any atom is 0.253 e. The van der Waals surface area contributed by atoms with Crippen molar-refractivity contribution in [3.8, 4) is 0 Å². The molecule has 0 saturated carbocycles. The molecule has 1 N–H and O–H groups in total. The van der Waals surface area contributed by atoms with Crippen LogP contribution in [0.4, 0.5) is 4.39 Å². The van der Waals surface area contributed by atoms with Crippen molar-refractivity contribution in [2.75, 3.05) is 26.2 Å². The number of carbonyl (C=O) groups excluding carboxylic acids is 1. The van der Waals surface area contributed by atoms with Gasteiger partial charge in [0.05, 0.1) is 0 Å². The molecule has 148 valence electrons. The second-order valence-electron chi connectivity index (χ2n) is 7.25. The van der Waals surface area contributed by atoms with Crippen molar-refractivity contribution in [2.24, 2.45) is 0 Å². The number of amides is 1. The van der Waals surface area contributed by atoms with Gasteiger partial charge in [-0.2, -0.15) is 0 Å². The van der Waals surface area contributed by atoms with Gasteiger partial charge in [0.2, 0.25) is 0 Å². The van der Waals surface area contributed by atoms with E-state index in [9.17, 15) is 9.18 Å². The maximum atomic E-state index is 13.8. The summed E-state index contributed by atoms with van der Waals surface area (Å²) in [7, 11) is 0. The molecule has 2 aromatic rings. The minimum absolute atomic E-state index is 0.0604. The number of carbonyl (C=O) groups is 1. The Bertz CT molecular complexity index is 859. The van der Waals surface area contributed by atoms with Crippen molar-refractivity contribution in [3.05, 3.63) is 76.1 Å². The van der Waals surface area contributed by atoms with E-state index in [4.69, 9.17) is 0 Å². The number of benzene rings is 2. The second-order valence-corrected chi connectivity index (χ2v) is 7.25. The number of hydrogen-bond donors (Lipinski definition) is 1. The van der Waals surface area contributed by atoms with Crippen LogP contribution in [-0.2, 0) is 0 Å². The summed E-state index contributed by atoms with van der Waals surface area (Å²) >= 11 is 0. The Kier molecular flexibility index (Phi) is 6.63. The highest BCUT2D eigenvalue weighted by Crippen LogP contribution is 2.32. The first-order chi connectivity index (χ1) is 13.5. The van der Waals surface area contributed by atoms with Gasteiger partial charge in [0.15, 0.2) is 0 Å². The molecule has 3 nitrogen and oxygen atoms in total. The predicted molar refractivity (Wildman–Crippen MR) is 113 cm³/mol. The van der Waals surface area contributed by atoms with Crippen LogP contribution in [-0.4, -0.2) is 37.0 Å². The lowest BCUT2D eigenvalue weighted by atomic mass is 9.88. The zero-order valence-corrected chi connectivity index (χ0v) is 17.0. The predicted octanol–water partition coefficient (Wildman–Crippen LogP) is 4.80. The molecule has 0 spiro atoms. The quantitative estimate of drug-likeness (QED) is 0.808. The number of halogens is 1. The molecule has 1 saturated heterocycles. The minimum Gasteiger partial charge on any atom is -0.339 e. The van der Waals surface area contributed by atoms with Crippen molar-refractivity contribution < 1.29 is 9.18 Å². The lowest BCUT2D eigenvalue weighted by Gasteiger charge is -2.22. The van der Waals surface area contributed by atoms with E-state index >= 15 is 0 Å². The molecule has 1 amide bonds. The highest BCUT2D eigenvalue weighted by molar-refractivity contribution is 5.95. The van der Waals surface area contributed by atoms with Crippen LogP contribution < -0.4 is 5.32 Å². The zero-order chi connectivity index (χ0) is 20.1. The van der Waals surface area contributed by atoms with Crippen LogP contribution >= 0.6 is 0 Å². The zero-order valence-electron chi connectivity index (χ0n) is 17.0. The Morgan fingerprint density at radius 2 is 1.54 bits per heavy atom. The van der Waals surface area contributed by atoms with Crippen LogP contribution in [0.25, 0.3) is 5.57 Å². The molecule has 0 aromatic heterocycles. The third-order valence-electron chi connectivity index (χ3n) is 5.48. The fourth-order valence-electron chi connectivity index (χ4n) is 3.83. The van der Waals surface area contributed by atoms with Crippen molar-refractivity contribution in [1.82, 2.24) is 10.2 Å². The number of nitrogens with zero attached hydrogens (tertiary/aromatic N) is 1. The van der Waals surface area contributed by atoms with E-state index in [0.717, 1.165) is 37.1 Å². The molecule has 0 bridgehead atoms. The summed E-state index contributed by atoms with van der Waals surface area (Å²) in [5.74, 6) is -0.121. The summed E-state index contributed by atoms with van der Waals surface area (Å²) < 4.78 is 13.8. The second kappa shape index (κ2) is 9.16. The van der Waals surface area contributed by atoms with Gasteiger partial charge in [0, 0.05) is 18.7 Å². The van der Waals surface area contributed by atoms with Gasteiger partial charge in [-0.1, -0.05) is 23.8 Å². The summed E-state index contributed by atoms with van der Waals surface area (Å²) in [4.78, 5) is 14.4. The Morgan fingerprint density at radius 1 is 0.964 bits per heavy atom. The van der Waals surface area contributed by atoms with Gasteiger partial charge >= 0.3 is 0 Å². The first-order valence-electron chi connectivity index (χ1n) is 10.1. The van der Waals surface area contributed by atoms with Crippen molar-refractivity contribution in [1.29, 1.82) is 0 Å². The van der Waals surface area contributed by atoms with E-state index < -0.39 is 0 Å². The molecular formula is C24H29FN2O. The lowest BCUT2D eigenvalue weighted by molar-refractivity contribution is 0.0773. The van der Waals surface area contributed by atoms with Crippen LogP contribution in [0.2, 0.25) is 0 Å². The van der Waals surface area contributed by atoms with Gasteiger partial charge in [-0.25, -0.2) is 4.39 Å². The SMILES string of the molecule is CCN(CC)C(=O)c1ccc(C(=C2CCNCC2)c2ccc(F)c(C)c2)cc1. The number of hydrogen-bond acceptors (Lipinski definition) is 2. The number of rotatable bonds is 5. The van der Waals surface area contributed by atoms with E-state index in [-0.39, 0.29) is 11.7 Å². The van der Waals surface area contributed by atoms with E-state index in [2.05, 4.69) is 5.32 Å². The average molecular weight is 381 g/mol. The topological polar surface area (TPSA) is 32.3 Å². The van der Waals surface area contributed by atoms with E-state index in [1.165, 1.54) is 11.1 Å². The van der Waals surface area contributed by atoms with Crippen LogP contribution in [0.15, 0.2) is 48.0 Å². The van der Waals surface area contributed by atoms with Crippen molar-refractivity contribution in [3.63, 3.8) is 0 Å². The lowest BCUT2D eigenvalue weighted by Crippen LogP contribution is -2.30. The molecule has 1 aliphatic heterocycles. The van der Waals surface area contributed by atoms with Crippen molar-refractivity contribution in [2.45, 2.75) is 33.6 Å². The third-order valence-corrected chi connectivity index (χ3v) is 5.48. The first-order valence-corrected chi connectivity index (χ1v) is 10.1. The van der Waals surface area contributed by atoms with E-state index in [1.807, 2.05) is 55.1 Å². The van der Waals surface area contributed by atoms with Crippen LogP contribution in [0.3, 0.4) is 0 Å². The van der Waals surface area contributed by atoms with Crippen LogP contribution in [0.1, 0.15) is 53.7 Å². The molecule has 0 radical (unpaired) electrons. The summed E-state index contributed by atoms with van der Waals surface area (Å²) in [5.41, 5.74) is 6.03. The number of aryl methyl sites for hydroxylation is 1. The fraction of sp³-hybridized carbons (Fsp3) is 0.375. The van der Waals surface area contributed by atoms with Gasteiger partial charge in [0.25, 0.3) is 5.91 Å². The van der Waals surface area contributed by atoms with Gasteiger partial charge in [-0.15, -0.1) is 0 Å². The highest BCUT2D eigenvalue weighted by atomic mass is 19.1. The highest BCUT2D eigenvalue weighted by Gasteiger charge is 2.17. The molecular weight excluding hydrogens is 351 g/mol. The van der Waals surface area contributed by atoms with Gasteiger partial charge in [0.1, 0.15) is 5.82 Å². The Hall–Kier alpha value is -2.46. The molecule has 1 heterocycles. The monoisotopic (exact) mass is 380 g/mol. The van der Waals surface area contributed by atoms with Gasteiger partial charge < -0.3 is 10.2 Å². The van der Waals surface area contributed by atoms with Crippen molar-refractivity contribution >= 4 is 11.5 Å². The summed E-state index contributed by atoms with van der Waals surface area (Å²) in [6.07, 6.45) is 1.96. The average Bonchev–Trinajstić information content (AvgIpc) is 2.73. The summed E-state index contributed by atoms with van der Waals surface area (Å²) in [6, 6.07) is 13.2.